The molecule has 1 heterocycles. The molecule has 0 amide bonds. The zero-order valence-electron chi connectivity index (χ0n) is 9.02. The van der Waals surface area contributed by atoms with Crippen LogP contribution in [0.25, 0.3) is 0 Å². The van der Waals surface area contributed by atoms with Crippen molar-refractivity contribution < 1.29 is 13.2 Å². The van der Waals surface area contributed by atoms with Gasteiger partial charge in [0, 0.05) is 10.6 Å². The lowest BCUT2D eigenvalue weighted by Gasteiger charge is -2.04. The van der Waals surface area contributed by atoms with Gasteiger partial charge in [-0.05, 0) is 36.0 Å². The van der Waals surface area contributed by atoms with Gasteiger partial charge in [0.25, 0.3) is 0 Å². The maximum absolute atomic E-state index is 12.1. The van der Waals surface area contributed by atoms with E-state index in [0.717, 1.165) is 12.3 Å². The smallest absolute Gasteiger partial charge is 0.258 e. The molecule has 0 N–H and O–H groups in total. The molecule has 8 heteroatoms. The number of azo groups is 1. The van der Waals surface area contributed by atoms with E-state index >= 15 is 0 Å². The van der Waals surface area contributed by atoms with E-state index in [1.165, 1.54) is 36.0 Å². The summed E-state index contributed by atoms with van der Waals surface area (Å²) in [7, 11) is 0. The SMILES string of the molecule is FC(F)(F)Sc1ccc(/N=N/C2=NCCS2)cc1. The summed E-state index contributed by atoms with van der Waals surface area (Å²) in [6, 6.07) is 5.74. The molecule has 0 unspecified atom stereocenters. The van der Waals surface area contributed by atoms with Gasteiger partial charge in [0.1, 0.15) is 0 Å². The second kappa shape index (κ2) is 5.75. The Hall–Kier alpha value is -1.02. The minimum atomic E-state index is -4.27. The Morgan fingerprint density at radius 2 is 1.89 bits per heavy atom. The molecule has 0 saturated heterocycles. The minimum absolute atomic E-state index is 0.133. The zero-order chi connectivity index (χ0) is 13.0. The first-order valence-electron chi connectivity index (χ1n) is 4.98. The van der Waals surface area contributed by atoms with E-state index in [1.54, 1.807) is 0 Å². The van der Waals surface area contributed by atoms with Crippen LogP contribution in [0.3, 0.4) is 0 Å². The molecule has 0 saturated carbocycles. The first-order valence-corrected chi connectivity index (χ1v) is 6.78. The van der Waals surface area contributed by atoms with Gasteiger partial charge in [0.15, 0.2) is 0 Å². The quantitative estimate of drug-likeness (QED) is 0.595. The van der Waals surface area contributed by atoms with Gasteiger partial charge < -0.3 is 0 Å². The van der Waals surface area contributed by atoms with Crippen molar-refractivity contribution in [3.05, 3.63) is 24.3 Å². The number of halogens is 3. The van der Waals surface area contributed by atoms with Crippen molar-refractivity contribution in [2.75, 3.05) is 12.3 Å². The lowest BCUT2D eigenvalue weighted by atomic mass is 10.3. The summed E-state index contributed by atoms with van der Waals surface area (Å²) in [5, 5.41) is 8.43. The van der Waals surface area contributed by atoms with Gasteiger partial charge in [-0.2, -0.15) is 13.2 Å². The fourth-order valence-electron chi connectivity index (χ4n) is 1.20. The topological polar surface area (TPSA) is 37.1 Å². The summed E-state index contributed by atoms with van der Waals surface area (Å²) in [4.78, 5) is 4.22. The van der Waals surface area contributed by atoms with Crippen molar-refractivity contribution in [3.8, 4) is 0 Å². The van der Waals surface area contributed by atoms with Crippen LogP contribution in [0.2, 0.25) is 0 Å². The molecule has 96 valence electrons. The van der Waals surface area contributed by atoms with Gasteiger partial charge >= 0.3 is 5.51 Å². The molecule has 0 aliphatic carbocycles. The Bertz CT molecular complexity index is 468. The molecule has 0 spiro atoms. The summed E-state index contributed by atoms with van der Waals surface area (Å²) >= 11 is 1.36. The van der Waals surface area contributed by atoms with Crippen molar-refractivity contribution >= 4 is 34.4 Å². The Morgan fingerprint density at radius 1 is 1.17 bits per heavy atom. The third kappa shape index (κ3) is 4.34. The lowest BCUT2D eigenvalue weighted by molar-refractivity contribution is -0.0328. The third-order valence-corrected chi connectivity index (χ3v) is 3.49. The molecule has 1 aliphatic rings. The summed E-state index contributed by atoms with van der Waals surface area (Å²) in [6.45, 7) is 0.736. The van der Waals surface area contributed by atoms with Crippen LogP contribution in [-0.4, -0.2) is 23.0 Å². The number of amidine groups is 1. The summed E-state index contributed by atoms with van der Waals surface area (Å²) in [5.41, 5.74) is -3.75. The van der Waals surface area contributed by atoms with E-state index in [4.69, 9.17) is 0 Å². The summed E-state index contributed by atoms with van der Waals surface area (Å²) < 4.78 is 36.3. The van der Waals surface area contributed by atoms with Gasteiger partial charge in [-0.25, -0.2) is 0 Å². The highest BCUT2D eigenvalue weighted by atomic mass is 32.2. The normalized spacial score (nSPS) is 16.3. The highest BCUT2D eigenvalue weighted by molar-refractivity contribution is 8.14. The van der Waals surface area contributed by atoms with Crippen molar-refractivity contribution in [2.24, 2.45) is 15.2 Å². The molecule has 1 aromatic carbocycles. The third-order valence-electron chi connectivity index (χ3n) is 1.89. The molecular formula is C10H8F3N3S2. The first-order chi connectivity index (χ1) is 8.53. The number of hydrogen-bond acceptors (Lipinski definition) is 5. The zero-order valence-corrected chi connectivity index (χ0v) is 10.6. The van der Waals surface area contributed by atoms with Gasteiger partial charge in [-0.15, -0.1) is 10.2 Å². The highest BCUT2D eigenvalue weighted by Gasteiger charge is 2.28. The van der Waals surface area contributed by atoms with Crippen LogP contribution in [0.1, 0.15) is 0 Å². The molecule has 18 heavy (non-hydrogen) atoms. The van der Waals surface area contributed by atoms with Crippen molar-refractivity contribution in [2.45, 2.75) is 10.4 Å². The molecule has 0 aromatic heterocycles. The van der Waals surface area contributed by atoms with E-state index in [1.807, 2.05) is 0 Å². The largest absolute Gasteiger partial charge is 0.446 e. The van der Waals surface area contributed by atoms with Gasteiger partial charge in [-0.1, -0.05) is 11.8 Å². The predicted octanol–water partition coefficient (Wildman–Crippen LogP) is 4.49. The number of alkyl halides is 3. The van der Waals surface area contributed by atoms with Crippen LogP contribution < -0.4 is 0 Å². The molecule has 0 radical (unpaired) electrons. The Balaban J connectivity index is 1.99. The van der Waals surface area contributed by atoms with Gasteiger partial charge in [0.05, 0.1) is 12.2 Å². The predicted molar refractivity (Wildman–Crippen MR) is 67.6 cm³/mol. The number of aliphatic imine (C=N–C) groups is 1. The highest BCUT2D eigenvalue weighted by Crippen LogP contribution is 2.37. The molecule has 2 rings (SSSR count). The van der Waals surface area contributed by atoms with Gasteiger partial charge in [-0.3, -0.25) is 4.99 Å². The summed E-state index contributed by atoms with van der Waals surface area (Å²) in [6.07, 6.45) is 0. The Kier molecular flexibility index (Phi) is 4.28. The Labute approximate surface area is 110 Å². The van der Waals surface area contributed by atoms with Crippen molar-refractivity contribution in [3.63, 3.8) is 0 Å². The van der Waals surface area contributed by atoms with Crippen LogP contribution in [0, 0.1) is 0 Å². The molecule has 0 bridgehead atoms. The van der Waals surface area contributed by atoms with E-state index in [-0.39, 0.29) is 16.7 Å². The van der Waals surface area contributed by atoms with Crippen LogP contribution in [0.5, 0.6) is 0 Å². The molecular weight excluding hydrogens is 283 g/mol. The van der Waals surface area contributed by atoms with E-state index in [0.29, 0.717) is 10.9 Å². The monoisotopic (exact) mass is 291 g/mol. The molecule has 0 fully saturated rings. The van der Waals surface area contributed by atoms with Crippen LogP contribution >= 0.6 is 23.5 Å². The fourth-order valence-corrected chi connectivity index (χ4v) is 2.39. The lowest BCUT2D eigenvalue weighted by Crippen LogP contribution is -1.98. The molecule has 1 aromatic rings. The first kappa shape index (κ1) is 13.4. The number of hydrogen-bond donors (Lipinski definition) is 0. The second-order valence-corrected chi connectivity index (χ2v) is 5.45. The van der Waals surface area contributed by atoms with Crippen LogP contribution in [-0.2, 0) is 0 Å². The molecule has 0 atom stereocenters. The standard InChI is InChI=1S/C10H8F3N3S2/c11-10(12,13)18-8-3-1-7(2-4-8)15-16-9-14-5-6-17-9/h1-4H,5-6H2/b16-15+. The average molecular weight is 291 g/mol. The Morgan fingerprint density at radius 3 is 2.44 bits per heavy atom. The second-order valence-electron chi connectivity index (χ2n) is 3.25. The van der Waals surface area contributed by atoms with Crippen LogP contribution in [0.15, 0.2) is 44.4 Å². The number of benzene rings is 1. The number of rotatable bonds is 2. The molecule has 1 aliphatic heterocycles. The maximum Gasteiger partial charge on any atom is 0.446 e. The minimum Gasteiger partial charge on any atom is -0.258 e. The molecule has 3 nitrogen and oxygen atoms in total. The van der Waals surface area contributed by atoms with Crippen LogP contribution in [0.4, 0.5) is 18.9 Å². The van der Waals surface area contributed by atoms with Gasteiger partial charge in [0.2, 0.25) is 5.17 Å². The number of nitrogens with zero attached hydrogens (tertiary/aromatic N) is 3. The van der Waals surface area contributed by atoms with Crippen molar-refractivity contribution in [1.82, 2.24) is 0 Å². The van der Waals surface area contributed by atoms with E-state index in [9.17, 15) is 13.2 Å². The van der Waals surface area contributed by atoms with Crippen molar-refractivity contribution in [1.29, 1.82) is 0 Å². The number of thioether (sulfide) groups is 2. The van der Waals surface area contributed by atoms with E-state index < -0.39 is 5.51 Å². The maximum atomic E-state index is 12.1. The average Bonchev–Trinajstić information content (AvgIpc) is 2.79. The summed E-state index contributed by atoms with van der Waals surface area (Å²) in [5.74, 6) is 0.898. The fraction of sp³-hybridized carbons (Fsp3) is 0.300. The van der Waals surface area contributed by atoms with E-state index in [2.05, 4.69) is 15.2 Å².